The van der Waals surface area contributed by atoms with Gasteiger partial charge in [-0.15, -0.1) is 0 Å². The van der Waals surface area contributed by atoms with E-state index < -0.39 is 23.3 Å². The Morgan fingerprint density at radius 2 is 2.00 bits per heavy atom. The van der Waals surface area contributed by atoms with E-state index >= 15 is 0 Å². The minimum Gasteiger partial charge on any atom is -0.396 e. The first-order valence-electron chi connectivity index (χ1n) is 17.5. The molecule has 2 aliphatic carbocycles. The number of hydrogen-bond donors (Lipinski definition) is 5. The Morgan fingerprint density at radius 3 is 2.75 bits per heavy atom. The highest BCUT2D eigenvalue weighted by Crippen LogP contribution is 2.63. The molecule has 0 saturated heterocycles. The van der Waals surface area contributed by atoms with Crippen LogP contribution in [0.2, 0.25) is 0 Å². The highest BCUT2D eigenvalue weighted by atomic mass is 16.5. The van der Waals surface area contributed by atoms with E-state index in [2.05, 4.69) is 31.4 Å². The van der Waals surface area contributed by atoms with Gasteiger partial charge in [0.05, 0.1) is 24.5 Å². The van der Waals surface area contributed by atoms with Crippen LogP contribution in [0.25, 0.3) is 0 Å². The predicted octanol–water partition coefficient (Wildman–Crippen LogP) is 5.91. The topological polar surface area (TPSA) is 139 Å². The first-order chi connectivity index (χ1) is 22.9. The number of nitrogens with two attached hydrogens (primary N) is 2. The van der Waals surface area contributed by atoms with Crippen LogP contribution in [0.15, 0.2) is 83.0 Å². The molecule has 1 aromatic carbocycles. The van der Waals surface area contributed by atoms with Crippen LogP contribution in [0.1, 0.15) is 95.9 Å². The molecule has 1 aromatic rings. The minimum absolute atomic E-state index is 0.00251. The van der Waals surface area contributed by atoms with Crippen molar-refractivity contribution in [3.05, 3.63) is 94.1 Å². The molecule has 260 valence electrons. The number of carbonyl (C=O) groups excluding carboxylic acids is 1. The molecule has 7 nitrogen and oxygen atoms in total. The first kappa shape index (κ1) is 37.7. The number of aliphatic hydroxyl groups is 3. The van der Waals surface area contributed by atoms with Gasteiger partial charge in [0.25, 0.3) is 0 Å². The summed E-state index contributed by atoms with van der Waals surface area (Å²) in [5.41, 5.74) is 16.2. The summed E-state index contributed by atoms with van der Waals surface area (Å²) in [5.74, 6) is 5.78. The monoisotopic (exact) mass is 656 g/mol. The molecular formula is C41H56N2O5. The average Bonchev–Trinajstić information content (AvgIpc) is 3.39. The summed E-state index contributed by atoms with van der Waals surface area (Å²) in [7, 11) is 0. The lowest BCUT2D eigenvalue weighted by Gasteiger charge is -2.55. The van der Waals surface area contributed by atoms with Crippen molar-refractivity contribution in [3.63, 3.8) is 0 Å². The number of rotatable bonds is 8. The van der Waals surface area contributed by atoms with Gasteiger partial charge in [-0.2, -0.15) is 0 Å². The molecule has 0 amide bonds. The molecule has 0 bridgehead atoms. The Bertz CT molecular complexity index is 1500. The SMILES string of the molecule is C=C1/C=C/C=C(/[C@H]2CC[C@@]3([C@H](CCCO)/C(=C(\C)C(=O)Cc4cccc(C(N)N)c4)CC[C@@]3(C)O)[C@@H]2O)COCC#CC/C(C)=C\CC1. The van der Waals surface area contributed by atoms with E-state index in [1.807, 2.05) is 56.3 Å². The van der Waals surface area contributed by atoms with Crippen LogP contribution < -0.4 is 11.5 Å². The van der Waals surface area contributed by atoms with Crippen molar-refractivity contribution >= 4 is 5.78 Å². The zero-order valence-electron chi connectivity index (χ0n) is 29.1. The van der Waals surface area contributed by atoms with E-state index in [-0.39, 0.29) is 30.6 Å². The van der Waals surface area contributed by atoms with E-state index in [1.165, 1.54) is 5.57 Å². The van der Waals surface area contributed by atoms with Gasteiger partial charge in [0.15, 0.2) is 5.78 Å². The number of aliphatic hydroxyl groups excluding tert-OH is 2. The molecule has 0 radical (unpaired) electrons. The van der Waals surface area contributed by atoms with E-state index in [0.717, 1.165) is 40.7 Å². The fourth-order valence-corrected chi connectivity index (χ4v) is 8.19. The number of allylic oxidation sites excluding steroid dienone is 8. The zero-order chi connectivity index (χ0) is 34.9. The van der Waals surface area contributed by atoms with Gasteiger partial charge in [0.1, 0.15) is 6.61 Å². The maximum Gasteiger partial charge on any atom is 0.162 e. The number of Topliss-reactive ketones (excluding diaryl/α,β-unsaturated/α-hetero) is 1. The minimum atomic E-state index is -1.18. The Kier molecular flexibility index (Phi) is 13.4. The van der Waals surface area contributed by atoms with E-state index in [4.69, 9.17) is 16.2 Å². The van der Waals surface area contributed by atoms with Gasteiger partial charge in [-0.25, -0.2) is 0 Å². The molecule has 2 saturated carbocycles. The second-order valence-electron chi connectivity index (χ2n) is 14.2. The molecule has 48 heavy (non-hydrogen) atoms. The Morgan fingerprint density at radius 1 is 1.21 bits per heavy atom. The molecule has 1 heterocycles. The summed E-state index contributed by atoms with van der Waals surface area (Å²) in [5, 5.41) is 34.6. The highest BCUT2D eigenvalue weighted by Gasteiger charge is 2.64. The zero-order valence-corrected chi connectivity index (χ0v) is 29.1. The lowest BCUT2D eigenvalue weighted by molar-refractivity contribution is -0.167. The van der Waals surface area contributed by atoms with Crippen LogP contribution in [0.5, 0.6) is 0 Å². The van der Waals surface area contributed by atoms with Gasteiger partial charge in [-0.1, -0.05) is 83.7 Å². The molecule has 1 spiro atoms. The van der Waals surface area contributed by atoms with Crippen LogP contribution in [0.4, 0.5) is 0 Å². The van der Waals surface area contributed by atoms with Gasteiger partial charge in [0.2, 0.25) is 0 Å². The molecule has 0 aromatic heterocycles. The van der Waals surface area contributed by atoms with Crippen LogP contribution in [0, 0.1) is 29.1 Å². The summed E-state index contributed by atoms with van der Waals surface area (Å²) in [6, 6.07) is 7.49. The van der Waals surface area contributed by atoms with Crippen LogP contribution in [-0.2, 0) is 16.0 Å². The summed E-state index contributed by atoms with van der Waals surface area (Å²) in [6.07, 6.45) is 12.7. The van der Waals surface area contributed by atoms with Gasteiger partial charge in [-0.3, -0.25) is 4.79 Å². The van der Waals surface area contributed by atoms with Crippen molar-refractivity contribution in [2.24, 2.45) is 28.7 Å². The second-order valence-corrected chi connectivity index (χ2v) is 14.2. The summed E-state index contributed by atoms with van der Waals surface area (Å²) in [4.78, 5) is 13.8. The van der Waals surface area contributed by atoms with Gasteiger partial charge >= 0.3 is 0 Å². The van der Waals surface area contributed by atoms with Crippen molar-refractivity contribution in [2.45, 2.75) is 103 Å². The van der Waals surface area contributed by atoms with Gasteiger partial charge in [0, 0.05) is 30.8 Å². The fraction of sp³-hybridized carbons (Fsp3) is 0.537. The largest absolute Gasteiger partial charge is 0.396 e. The number of hydrogen-bond acceptors (Lipinski definition) is 7. The number of benzene rings is 1. The molecule has 5 atom stereocenters. The molecule has 1 aliphatic heterocycles. The highest BCUT2D eigenvalue weighted by molar-refractivity contribution is 5.97. The standard InChI is InChI=1S/C41H56N2O5/c1-28-11-5-6-24-48-27-33(17-8-14-29(2)13-7-12-28)35-20-22-41(38(35)46)36(18-10-23-44)34(19-21-40(41,4)47)30(3)37(45)26-31-15-9-16-32(25-31)39(42)43/h8-9,12,14-17,25,35-36,38-39,44,46-47H,2,7,10-11,13,18-24,26-27,42-43H2,1,3-4H3/b14-8+,28-12-,33-17+,34-30+/t35-,36-,38-,40-,41-/m1/s1. The Balaban J connectivity index is 1.68. The van der Waals surface area contributed by atoms with Crippen LogP contribution in [-0.4, -0.2) is 52.6 Å². The molecular weight excluding hydrogens is 600 g/mol. The molecule has 7 N–H and O–H groups in total. The molecule has 4 rings (SSSR count). The quantitative estimate of drug-likeness (QED) is 0.101. The first-order valence-corrected chi connectivity index (χ1v) is 17.5. The van der Waals surface area contributed by atoms with Gasteiger partial charge < -0.3 is 31.5 Å². The van der Waals surface area contributed by atoms with E-state index in [1.54, 1.807) is 0 Å². The number of ether oxygens (including phenoxy) is 1. The lowest BCUT2D eigenvalue weighted by Crippen LogP contribution is -2.59. The van der Waals surface area contributed by atoms with E-state index in [9.17, 15) is 20.1 Å². The van der Waals surface area contributed by atoms with Crippen molar-refractivity contribution in [1.29, 1.82) is 0 Å². The summed E-state index contributed by atoms with van der Waals surface area (Å²) >= 11 is 0. The normalized spacial score (nSPS) is 32.7. The maximum atomic E-state index is 13.8. The number of ketones is 1. The predicted molar refractivity (Wildman–Crippen MR) is 192 cm³/mol. The van der Waals surface area contributed by atoms with Crippen LogP contribution in [0.3, 0.4) is 0 Å². The molecule has 3 aliphatic rings. The third-order valence-corrected chi connectivity index (χ3v) is 11.0. The average molecular weight is 657 g/mol. The molecule has 0 unspecified atom stereocenters. The van der Waals surface area contributed by atoms with Crippen molar-refractivity contribution in [2.75, 3.05) is 19.8 Å². The van der Waals surface area contributed by atoms with Crippen molar-refractivity contribution < 1.29 is 24.9 Å². The smallest absolute Gasteiger partial charge is 0.162 e. The summed E-state index contributed by atoms with van der Waals surface area (Å²) < 4.78 is 6.04. The third kappa shape index (κ3) is 8.73. The van der Waals surface area contributed by atoms with Crippen LogP contribution >= 0.6 is 0 Å². The maximum absolute atomic E-state index is 13.8. The summed E-state index contributed by atoms with van der Waals surface area (Å²) in [6.45, 7) is 10.6. The Labute approximate surface area is 287 Å². The van der Waals surface area contributed by atoms with Crippen molar-refractivity contribution in [1.82, 2.24) is 0 Å². The molecule has 7 heteroatoms. The second kappa shape index (κ2) is 17.0. The van der Waals surface area contributed by atoms with E-state index in [0.29, 0.717) is 63.7 Å². The Hall–Kier alpha value is -3.09. The van der Waals surface area contributed by atoms with Crippen molar-refractivity contribution in [3.8, 4) is 11.8 Å². The molecule has 2 fully saturated rings. The third-order valence-electron chi connectivity index (χ3n) is 11.0. The van der Waals surface area contributed by atoms with Gasteiger partial charge in [-0.05, 0) is 100 Å². The number of carbonyl (C=O) groups is 1. The fourth-order valence-electron chi connectivity index (χ4n) is 8.19. The lowest BCUT2D eigenvalue weighted by atomic mass is 9.52.